The van der Waals surface area contributed by atoms with E-state index in [-0.39, 0.29) is 4.90 Å². The second kappa shape index (κ2) is 4.94. The highest BCUT2D eigenvalue weighted by Crippen LogP contribution is 2.30. The second-order valence-corrected chi connectivity index (χ2v) is 6.74. The van der Waals surface area contributed by atoms with Gasteiger partial charge in [-0.1, -0.05) is 19.3 Å². The smallest absolute Gasteiger partial charge is 0.245 e. The monoisotopic (exact) mass is 282 g/mol. The summed E-state index contributed by atoms with van der Waals surface area (Å²) in [5, 5.41) is 15.9. The second-order valence-electron chi connectivity index (χ2n) is 5.12. The Balaban J connectivity index is 2.34. The number of rotatable bonds is 3. The Morgan fingerprint density at radius 3 is 2.42 bits per heavy atom. The number of sulfonamides is 1. The third-order valence-corrected chi connectivity index (χ3v) is 5.38. The van der Waals surface area contributed by atoms with Gasteiger partial charge in [-0.15, -0.1) is 0 Å². The SMILES string of the molecule is Cc1n[nH]c(C)c1S(=O)(=O)NC1(C#N)CCCCC1. The van der Waals surface area contributed by atoms with Gasteiger partial charge in [0.1, 0.15) is 10.4 Å². The molecular formula is C12H18N4O2S. The van der Waals surface area contributed by atoms with Crippen LogP contribution in [0.25, 0.3) is 0 Å². The fourth-order valence-electron chi connectivity index (χ4n) is 2.64. The van der Waals surface area contributed by atoms with Crippen molar-refractivity contribution in [3.63, 3.8) is 0 Å². The standard InChI is InChI=1S/C12H18N4O2S/c1-9-11(10(2)15-14-9)19(17,18)16-12(8-13)6-4-3-5-7-12/h16H,3-7H2,1-2H3,(H,14,15). The Morgan fingerprint density at radius 1 is 1.32 bits per heavy atom. The normalized spacial score (nSPS) is 19.0. The number of aromatic amines is 1. The third-order valence-electron chi connectivity index (χ3n) is 3.58. The van der Waals surface area contributed by atoms with E-state index in [2.05, 4.69) is 21.0 Å². The van der Waals surface area contributed by atoms with E-state index < -0.39 is 15.6 Å². The number of nitrogens with one attached hydrogen (secondary N) is 2. The number of H-pyrrole nitrogens is 1. The highest BCUT2D eigenvalue weighted by molar-refractivity contribution is 7.89. The van der Waals surface area contributed by atoms with Crippen LogP contribution in [0.15, 0.2) is 4.90 Å². The van der Waals surface area contributed by atoms with Gasteiger partial charge in [0.25, 0.3) is 0 Å². The van der Waals surface area contributed by atoms with Gasteiger partial charge < -0.3 is 0 Å². The molecule has 6 nitrogen and oxygen atoms in total. The van der Waals surface area contributed by atoms with Crippen molar-refractivity contribution >= 4 is 10.0 Å². The van der Waals surface area contributed by atoms with Crippen LogP contribution in [-0.4, -0.2) is 24.2 Å². The molecule has 0 bridgehead atoms. The van der Waals surface area contributed by atoms with Crippen molar-refractivity contribution in [2.75, 3.05) is 0 Å². The summed E-state index contributed by atoms with van der Waals surface area (Å²) in [6, 6.07) is 2.15. The fraction of sp³-hybridized carbons (Fsp3) is 0.667. The first kappa shape index (κ1) is 14.0. The van der Waals surface area contributed by atoms with Gasteiger partial charge in [-0.05, 0) is 26.7 Å². The molecule has 0 aliphatic heterocycles. The molecule has 1 aromatic rings. The van der Waals surface area contributed by atoms with Gasteiger partial charge in [-0.25, -0.2) is 8.42 Å². The third kappa shape index (κ3) is 2.65. The van der Waals surface area contributed by atoms with Crippen molar-refractivity contribution in [3.05, 3.63) is 11.4 Å². The van der Waals surface area contributed by atoms with E-state index in [1.807, 2.05) is 0 Å². The Hall–Kier alpha value is -1.39. The number of hydrogen-bond acceptors (Lipinski definition) is 4. The average Bonchev–Trinajstić information content (AvgIpc) is 2.70. The summed E-state index contributed by atoms with van der Waals surface area (Å²) in [6.45, 7) is 3.30. The van der Waals surface area contributed by atoms with Crippen molar-refractivity contribution < 1.29 is 8.42 Å². The van der Waals surface area contributed by atoms with Gasteiger partial charge in [0.15, 0.2) is 0 Å². The van der Waals surface area contributed by atoms with E-state index in [0.717, 1.165) is 19.3 Å². The summed E-state index contributed by atoms with van der Waals surface area (Å²) in [4.78, 5) is 0.160. The number of nitrogens with zero attached hydrogens (tertiary/aromatic N) is 2. The summed E-state index contributed by atoms with van der Waals surface area (Å²) in [5.74, 6) is 0. The van der Waals surface area contributed by atoms with E-state index in [9.17, 15) is 13.7 Å². The minimum absolute atomic E-state index is 0.160. The molecule has 2 rings (SSSR count). The molecule has 0 atom stereocenters. The molecule has 1 saturated carbocycles. The molecule has 0 unspecified atom stereocenters. The molecule has 0 radical (unpaired) electrons. The minimum Gasteiger partial charge on any atom is -0.281 e. The number of aryl methyl sites for hydroxylation is 2. The van der Waals surface area contributed by atoms with Crippen molar-refractivity contribution in [2.45, 2.75) is 56.4 Å². The van der Waals surface area contributed by atoms with E-state index in [1.54, 1.807) is 13.8 Å². The maximum atomic E-state index is 12.4. The van der Waals surface area contributed by atoms with E-state index in [0.29, 0.717) is 24.2 Å². The van der Waals surface area contributed by atoms with Crippen molar-refractivity contribution in [2.24, 2.45) is 0 Å². The van der Waals surface area contributed by atoms with Crippen LogP contribution in [0.2, 0.25) is 0 Å². The zero-order chi connectivity index (χ0) is 14.1. The minimum atomic E-state index is -3.71. The van der Waals surface area contributed by atoms with Crippen LogP contribution in [0.3, 0.4) is 0 Å². The van der Waals surface area contributed by atoms with Crippen LogP contribution in [0.5, 0.6) is 0 Å². The van der Waals surface area contributed by atoms with Gasteiger partial charge in [0, 0.05) is 0 Å². The lowest BCUT2D eigenvalue weighted by Crippen LogP contribution is -2.48. The molecule has 19 heavy (non-hydrogen) atoms. The van der Waals surface area contributed by atoms with E-state index >= 15 is 0 Å². The van der Waals surface area contributed by atoms with Crippen LogP contribution < -0.4 is 4.72 Å². The average molecular weight is 282 g/mol. The molecule has 104 valence electrons. The van der Waals surface area contributed by atoms with Gasteiger partial charge in [0.2, 0.25) is 10.0 Å². The summed E-state index contributed by atoms with van der Waals surface area (Å²) in [6.07, 6.45) is 3.94. The lowest BCUT2D eigenvalue weighted by atomic mass is 9.84. The molecule has 1 fully saturated rings. The Bertz CT molecular complexity index is 587. The molecule has 7 heteroatoms. The van der Waals surface area contributed by atoms with Crippen molar-refractivity contribution in [1.29, 1.82) is 5.26 Å². The maximum Gasteiger partial charge on any atom is 0.245 e. The maximum absolute atomic E-state index is 12.4. The van der Waals surface area contributed by atoms with Gasteiger partial charge in [0.05, 0.1) is 17.5 Å². The van der Waals surface area contributed by atoms with Crippen molar-refractivity contribution in [3.8, 4) is 6.07 Å². The Labute approximate surface area is 113 Å². The van der Waals surface area contributed by atoms with Gasteiger partial charge in [-0.2, -0.15) is 15.1 Å². The number of aromatic nitrogens is 2. The fourth-order valence-corrected chi connectivity index (χ4v) is 4.39. The van der Waals surface area contributed by atoms with Crippen LogP contribution in [0.4, 0.5) is 0 Å². The summed E-state index contributed by atoms with van der Waals surface area (Å²) >= 11 is 0. The Kier molecular flexibility index (Phi) is 3.65. The molecule has 1 aromatic heterocycles. The van der Waals surface area contributed by atoms with Crippen LogP contribution in [-0.2, 0) is 10.0 Å². The number of nitriles is 1. The molecule has 1 aliphatic carbocycles. The summed E-state index contributed by atoms with van der Waals surface area (Å²) < 4.78 is 27.5. The summed E-state index contributed by atoms with van der Waals surface area (Å²) in [7, 11) is -3.71. The zero-order valence-corrected chi connectivity index (χ0v) is 12.0. The summed E-state index contributed by atoms with van der Waals surface area (Å²) in [5.41, 5.74) is -0.0458. The van der Waals surface area contributed by atoms with Crippen LogP contribution in [0.1, 0.15) is 43.5 Å². The molecular weight excluding hydrogens is 264 g/mol. The van der Waals surface area contributed by atoms with Crippen molar-refractivity contribution in [1.82, 2.24) is 14.9 Å². The quantitative estimate of drug-likeness (QED) is 0.878. The number of hydrogen-bond donors (Lipinski definition) is 2. The van der Waals surface area contributed by atoms with Crippen LogP contribution in [0, 0.1) is 25.2 Å². The first-order valence-electron chi connectivity index (χ1n) is 6.37. The predicted octanol–water partition coefficient (Wildman–Crippen LogP) is 1.53. The first-order chi connectivity index (χ1) is 8.90. The zero-order valence-electron chi connectivity index (χ0n) is 11.2. The van der Waals surface area contributed by atoms with E-state index in [4.69, 9.17) is 0 Å². The molecule has 0 saturated heterocycles. The highest BCUT2D eigenvalue weighted by atomic mass is 32.2. The largest absolute Gasteiger partial charge is 0.281 e. The van der Waals surface area contributed by atoms with Gasteiger partial charge >= 0.3 is 0 Å². The molecule has 1 heterocycles. The molecule has 0 amide bonds. The topological polar surface area (TPSA) is 98.6 Å². The molecule has 0 spiro atoms. The van der Waals surface area contributed by atoms with Gasteiger partial charge in [-0.3, -0.25) is 5.10 Å². The lowest BCUT2D eigenvalue weighted by molar-refractivity contribution is 0.338. The lowest BCUT2D eigenvalue weighted by Gasteiger charge is -2.31. The molecule has 0 aromatic carbocycles. The molecule has 1 aliphatic rings. The van der Waals surface area contributed by atoms with Crippen LogP contribution >= 0.6 is 0 Å². The van der Waals surface area contributed by atoms with E-state index in [1.165, 1.54) is 0 Å². The molecule has 2 N–H and O–H groups in total. The Morgan fingerprint density at radius 2 is 1.95 bits per heavy atom. The first-order valence-corrected chi connectivity index (χ1v) is 7.85. The predicted molar refractivity (Wildman–Crippen MR) is 69.8 cm³/mol. The highest BCUT2D eigenvalue weighted by Gasteiger charge is 2.38.